The van der Waals surface area contributed by atoms with Gasteiger partial charge >= 0.3 is 0 Å². The van der Waals surface area contributed by atoms with Gasteiger partial charge in [-0.25, -0.2) is 9.37 Å². The van der Waals surface area contributed by atoms with Crippen LogP contribution in [0.25, 0.3) is 21.3 Å². The van der Waals surface area contributed by atoms with E-state index >= 15 is 0 Å². The molecule has 1 amide bonds. The van der Waals surface area contributed by atoms with Gasteiger partial charge in [-0.3, -0.25) is 14.2 Å². The number of fused-ring (bicyclic) bond motifs is 1. The van der Waals surface area contributed by atoms with Crippen LogP contribution < -0.4 is 10.9 Å². The lowest BCUT2D eigenvalue weighted by atomic mass is 10.1. The van der Waals surface area contributed by atoms with Crippen molar-refractivity contribution in [2.24, 2.45) is 0 Å². The van der Waals surface area contributed by atoms with E-state index in [0.29, 0.717) is 21.3 Å². The minimum Gasteiger partial charge on any atom is -0.352 e. The van der Waals surface area contributed by atoms with Gasteiger partial charge < -0.3 is 5.32 Å². The number of aryl methyl sites for hydroxylation is 3. The maximum Gasteiger partial charge on any atom is 0.262 e. The molecule has 4 rings (SSSR count). The first-order chi connectivity index (χ1) is 14.9. The summed E-state index contributed by atoms with van der Waals surface area (Å²) in [6, 6.07) is 12.9. The molecular formula is C24H22FN3O2S. The molecule has 0 atom stereocenters. The third-order valence-electron chi connectivity index (χ3n) is 5.23. The van der Waals surface area contributed by atoms with Gasteiger partial charge in [0.1, 0.15) is 10.6 Å². The molecule has 0 unspecified atom stereocenters. The van der Waals surface area contributed by atoms with Crippen LogP contribution in [0.1, 0.15) is 23.1 Å². The number of thiophene rings is 1. The molecule has 0 saturated heterocycles. The van der Waals surface area contributed by atoms with Crippen molar-refractivity contribution in [3.05, 3.63) is 87.0 Å². The van der Waals surface area contributed by atoms with Crippen LogP contribution in [-0.4, -0.2) is 15.5 Å². The third kappa shape index (κ3) is 4.56. The van der Waals surface area contributed by atoms with Gasteiger partial charge in [0, 0.05) is 30.5 Å². The van der Waals surface area contributed by atoms with Crippen LogP contribution in [0.4, 0.5) is 4.39 Å². The van der Waals surface area contributed by atoms with Crippen LogP contribution in [0.3, 0.4) is 0 Å². The molecular weight excluding hydrogens is 413 g/mol. The number of halogens is 1. The lowest BCUT2D eigenvalue weighted by molar-refractivity contribution is -0.121. The average Bonchev–Trinajstić information content (AvgIpc) is 3.19. The summed E-state index contributed by atoms with van der Waals surface area (Å²) >= 11 is 1.43. The number of hydrogen-bond donors (Lipinski definition) is 1. The minimum absolute atomic E-state index is 0.130. The van der Waals surface area contributed by atoms with E-state index in [0.717, 1.165) is 16.7 Å². The van der Waals surface area contributed by atoms with Gasteiger partial charge in [-0.05, 0) is 36.6 Å². The Labute approximate surface area is 183 Å². The maximum atomic E-state index is 13.6. The molecule has 31 heavy (non-hydrogen) atoms. The largest absolute Gasteiger partial charge is 0.352 e. The normalized spacial score (nSPS) is 11.1. The first kappa shape index (κ1) is 20.9. The van der Waals surface area contributed by atoms with E-state index in [-0.39, 0.29) is 36.8 Å². The van der Waals surface area contributed by atoms with E-state index in [1.807, 2.05) is 36.6 Å². The zero-order chi connectivity index (χ0) is 22.0. The van der Waals surface area contributed by atoms with E-state index in [9.17, 15) is 14.0 Å². The zero-order valence-corrected chi connectivity index (χ0v) is 18.1. The number of nitrogens with one attached hydrogen (secondary N) is 1. The predicted molar refractivity (Wildman–Crippen MR) is 122 cm³/mol. The molecule has 2 heterocycles. The van der Waals surface area contributed by atoms with Crippen molar-refractivity contribution in [2.45, 2.75) is 33.4 Å². The Bertz CT molecular complexity index is 1310. The predicted octanol–water partition coefficient (Wildman–Crippen LogP) is 4.59. The monoisotopic (exact) mass is 435 g/mol. The summed E-state index contributed by atoms with van der Waals surface area (Å²) in [5.74, 6) is -0.505. The molecule has 7 heteroatoms. The second-order valence-electron chi connectivity index (χ2n) is 7.55. The summed E-state index contributed by atoms with van der Waals surface area (Å²) < 4.78 is 15.1. The summed E-state index contributed by atoms with van der Waals surface area (Å²) in [7, 11) is 0. The van der Waals surface area contributed by atoms with E-state index in [1.54, 1.807) is 19.1 Å². The number of nitrogens with zero attached hydrogens (tertiary/aromatic N) is 2. The van der Waals surface area contributed by atoms with E-state index in [2.05, 4.69) is 10.3 Å². The highest BCUT2D eigenvalue weighted by molar-refractivity contribution is 7.17. The molecule has 0 spiro atoms. The molecule has 2 aromatic heterocycles. The Kier molecular flexibility index (Phi) is 5.95. The Morgan fingerprint density at radius 3 is 2.68 bits per heavy atom. The van der Waals surface area contributed by atoms with E-state index in [1.165, 1.54) is 28.3 Å². The first-order valence-electron chi connectivity index (χ1n) is 9.98. The molecule has 158 valence electrons. The van der Waals surface area contributed by atoms with Gasteiger partial charge in [0.25, 0.3) is 5.56 Å². The summed E-state index contributed by atoms with van der Waals surface area (Å²) in [6.07, 6.45) is 1.62. The summed E-state index contributed by atoms with van der Waals surface area (Å²) in [5.41, 5.74) is 4.08. The van der Waals surface area contributed by atoms with Crippen molar-refractivity contribution in [3.8, 4) is 11.1 Å². The SMILES string of the molecule is Cc1ccc(-c2csc3ncn(CCC(=O)NCc4ccc(C)c(F)c4)c(=O)c23)cc1. The number of carbonyl (C=O) groups excluding carboxylic acids is 1. The number of rotatable bonds is 6. The quantitative estimate of drug-likeness (QED) is 0.482. The van der Waals surface area contributed by atoms with E-state index < -0.39 is 0 Å². The van der Waals surface area contributed by atoms with Crippen molar-refractivity contribution in [2.75, 3.05) is 0 Å². The fourth-order valence-electron chi connectivity index (χ4n) is 3.33. The molecule has 0 aliphatic rings. The van der Waals surface area contributed by atoms with Gasteiger partial charge in [-0.1, -0.05) is 42.0 Å². The minimum atomic E-state index is -0.294. The van der Waals surface area contributed by atoms with Crippen LogP contribution in [-0.2, 0) is 17.9 Å². The third-order valence-corrected chi connectivity index (χ3v) is 6.12. The average molecular weight is 436 g/mol. The number of carbonyl (C=O) groups is 1. The van der Waals surface area contributed by atoms with Crippen molar-refractivity contribution in [1.29, 1.82) is 0 Å². The molecule has 0 radical (unpaired) electrons. The molecule has 0 aliphatic carbocycles. The number of amides is 1. The highest BCUT2D eigenvalue weighted by atomic mass is 32.1. The highest BCUT2D eigenvalue weighted by Gasteiger charge is 2.14. The van der Waals surface area contributed by atoms with Crippen LogP contribution in [0.5, 0.6) is 0 Å². The van der Waals surface area contributed by atoms with Crippen molar-refractivity contribution in [1.82, 2.24) is 14.9 Å². The second kappa shape index (κ2) is 8.81. The number of hydrogen-bond acceptors (Lipinski definition) is 4. The standard InChI is InChI=1S/C24H22FN3O2S/c1-15-3-7-18(8-4-15)19-13-31-23-22(19)24(30)28(14-27-23)10-9-21(29)26-12-17-6-5-16(2)20(25)11-17/h3-8,11,13-14H,9-10,12H2,1-2H3,(H,26,29). The second-order valence-corrected chi connectivity index (χ2v) is 8.41. The fraction of sp³-hybridized carbons (Fsp3) is 0.208. The Hall–Kier alpha value is -3.32. The Morgan fingerprint density at radius 1 is 1.16 bits per heavy atom. The summed E-state index contributed by atoms with van der Waals surface area (Å²) in [4.78, 5) is 30.4. The molecule has 5 nitrogen and oxygen atoms in total. The van der Waals surface area contributed by atoms with Crippen molar-refractivity contribution < 1.29 is 9.18 Å². The Balaban J connectivity index is 1.47. The number of benzene rings is 2. The maximum absolute atomic E-state index is 13.6. The zero-order valence-electron chi connectivity index (χ0n) is 17.3. The van der Waals surface area contributed by atoms with Gasteiger partial charge in [0.05, 0.1) is 11.7 Å². The fourth-order valence-corrected chi connectivity index (χ4v) is 4.24. The molecule has 1 N–H and O–H groups in total. The van der Waals surface area contributed by atoms with Gasteiger partial charge in [0.15, 0.2) is 0 Å². The topological polar surface area (TPSA) is 64.0 Å². The molecule has 0 saturated carbocycles. The van der Waals surface area contributed by atoms with Crippen LogP contribution >= 0.6 is 11.3 Å². The molecule has 2 aromatic carbocycles. The van der Waals surface area contributed by atoms with Gasteiger partial charge in [0.2, 0.25) is 5.91 Å². The van der Waals surface area contributed by atoms with Crippen molar-refractivity contribution >= 4 is 27.5 Å². The number of aromatic nitrogens is 2. The van der Waals surface area contributed by atoms with Crippen LogP contribution in [0.2, 0.25) is 0 Å². The van der Waals surface area contributed by atoms with E-state index in [4.69, 9.17) is 0 Å². The van der Waals surface area contributed by atoms with Crippen LogP contribution in [0, 0.1) is 19.7 Å². The summed E-state index contributed by atoms with van der Waals surface area (Å²) in [5, 5.41) is 5.29. The molecule has 4 aromatic rings. The smallest absolute Gasteiger partial charge is 0.262 e. The van der Waals surface area contributed by atoms with Crippen LogP contribution in [0.15, 0.2) is 59.0 Å². The van der Waals surface area contributed by atoms with Gasteiger partial charge in [-0.2, -0.15) is 0 Å². The highest BCUT2D eigenvalue weighted by Crippen LogP contribution is 2.30. The lowest BCUT2D eigenvalue weighted by Crippen LogP contribution is -2.27. The van der Waals surface area contributed by atoms with Gasteiger partial charge in [-0.15, -0.1) is 11.3 Å². The molecule has 0 fully saturated rings. The Morgan fingerprint density at radius 2 is 1.94 bits per heavy atom. The molecule has 0 bridgehead atoms. The van der Waals surface area contributed by atoms with Crippen molar-refractivity contribution in [3.63, 3.8) is 0 Å². The summed E-state index contributed by atoms with van der Waals surface area (Å²) in [6.45, 7) is 4.17. The molecule has 0 aliphatic heterocycles. The first-order valence-corrected chi connectivity index (χ1v) is 10.9. The lowest BCUT2D eigenvalue weighted by Gasteiger charge is -2.08.